The monoisotopic (exact) mass is 300 g/mol. The molecule has 2 aromatic carbocycles. The number of hydrogen-bond donors (Lipinski definition) is 0. The van der Waals surface area contributed by atoms with Crippen LogP contribution in [0, 0.1) is 6.92 Å². The number of benzene rings is 2. The molecule has 0 fully saturated rings. The fraction of sp³-hybridized carbons (Fsp3) is 0.227. The average Bonchev–Trinajstić information content (AvgIpc) is 2.77. The van der Waals surface area contributed by atoms with Crippen LogP contribution in [0.4, 0.5) is 0 Å². The van der Waals surface area contributed by atoms with Crippen molar-refractivity contribution in [2.24, 2.45) is 7.05 Å². The van der Waals surface area contributed by atoms with Crippen molar-refractivity contribution >= 4 is 0 Å². The Morgan fingerprint density at radius 1 is 0.783 bits per heavy atom. The summed E-state index contributed by atoms with van der Waals surface area (Å²) in [6.07, 6.45) is 2.13. The van der Waals surface area contributed by atoms with Crippen LogP contribution in [0.25, 0.3) is 22.4 Å². The molecule has 1 nitrogen and oxygen atoms in total. The fourth-order valence-electron chi connectivity index (χ4n) is 4.01. The van der Waals surface area contributed by atoms with Gasteiger partial charge in [-0.25, -0.2) is 4.57 Å². The minimum Gasteiger partial charge on any atom is -0.201 e. The summed E-state index contributed by atoms with van der Waals surface area (Å²) < 4.78 is 2.22. The highest BCUT2D eigenvalue weighted by molar-refractivity contribution is 5.92. The zero-order valence-electron chi connectivity index (χ0n) is 14.2. The topological polar surface area (TPSA) is 3.88 Å². The van der Waals surface area contributed by atoms with Crippen molar-refractivity contribution in [1.29, 1.82) is 0 Å². The molecule has 0 bridgehead atoms. The molecule has 0 radical (unpaired) electrons. The molecule has 0 saturated heterocycles. The molecule has 0 aliphatic heterocycles. The van der Waals surface area contributed by atoms with E-state index in [1.165, 1.54) is 39.1 Å². The second kappa shape index (κ2) is 4.79. The SMILES string of the molecule is Cc1ccc2c(c1-c1cccc[n+]1C)-c1ccccc1C2(C)C. The van der Waals surface area contributed by atoms with E-state index in [0.29, 0.717) is 0 Å². The molecule has 0 amide bonds. The molecule has 1 heterocycles. The molecule has 3 aromatic rings. The first-order chi connectivity index (χ1) is 11.0. The van der Waals surface area contributed by atoms with Gasteiger partial charge in [-0.05, 0) is 35.2 Å². The summed E-state index contributed by atoms with van der Waals surface area (Å²) >= 11 is 0. The molecule has 4 rings (SSSR count). The van der Waals surface area contributed by atoms with Crippen LogP contribution < -0.4 is 4.57 Å². The summed E-state index contributed by atoms with van der Waals surface area (Å²) in [4.78, 5) is 0. The lowest BCUT2D eigenvalue weighted by Crippen LogP contribution is -2.30. The van der Waals surface area contributed by atoms with E-state index in [0.717, 1.165) is 0 Å². The molecular weight excluding hydrogens is 278 g/mol. The standard InChI is InChI=1S/C22H22N/c1-15-12-13-18-21(20(15)19-11-7-8-14-23(19)4)16-9-5-6-10-17(16)22(18,2)3/h5-14H,1-4H3/q+1. The minimum atomic E-state index is 0.0573. The maximum atomic E-state index is 2.34. The van der Waals surface area contributed by atoms with E-state index in [1.54, 1.807) is 0 Å². The van der Waals surface area contributed by atoms with E-state index in [9.17, 15) is 0 Å². The van der Waals surface area contributed by atoms with E-state index in [1.807, 2.05) is 0 Å². The minimum absolute atomic E-state index is 0.0573. The number of fused-ring (bicyclic) bond motifs is 3. The highest BCUT2D eigenvalue weighted by Gasteiger charge is 2.38. The zero-order valence-corrected chi connectivity index (χ0v) is 14.2. The first-order valence-electron chi connectivity index (χ1n) is 8.21. The van der Waals surface area contributed by atoms with Gasteiger partial charge in [0.2, 0.25) is 5.69 Å². The van der Waals surface area contributed by atoms with Crippen LogP contribution in [-0.2, 0) is 12.5 Å². The van der Waals surface area contributed by atoms with Crippen molar-refractivity contribution in [2.45, 2.75) is 26.2 Å². The molecule has 0 spiro atoms. The number of nitrogens with zero attached hydrogens (tertiary/aromatic N) is 1. The fourth-order valence-corrected chi connectivity index (χ4v) is 4.01. The summed E-state index contributed by atoms with van der Waals surface area (Å²) in [6.45, 7) is 6.89. The Morgan fingerprint density at radius 3 is 2.30 bits per heavy atom. The van der Waals surface area contributed by atoms with E-state index in [2.05, 4.69) is 93.2 Å². The predicted octanol–water partition coefficient (Wildman–Crippen LogP) is 4.79. The molecule has 0 atom stereocenters. The van der Waals surface area contributed by atoms with Crippen LogP contribution in [0.15, 0.2) is 60.8 Å². The molecule has 23 heavy (non-hydrogen) atoms. The summed E-state index contributed by atoms with van der Waals surface area (Å²) in [5.74, 6) is 0. The second-order valence-corrected chi connectivity index (χ2v) is 7.05. The van der Waals surface area contributed by atoms with Crippen LogP contribution in [0.3, 0.4) is 0 Å². The lowest BCUT2D eigenvalue weighted by molar-refractivity contribution is -0.660. The first kappa shape index (κ1) is 14.2. The Labute approximate surface area is 138 Å². The Bertz CT molecular complexity index is 919. The van der Waals surface area contributed by atoms with Crippen molar-refractivity contribution in [3.8, 4) is 22.4 Å². The number of rotatable bonds is 1. The summed E-state index contributed by atoms with van der Waals surface area (Å²) in [7, 11) is 2.13. The van der Waals surface area contributed by atoms with Gasteiger partial charge < -0.3 is 0 Å². The van der Waals surface area contributed by atoms with E-state index < -0.39 is 0 Å². The molecule has 114 valence electrons. The van der Waals surface area contributed by atoms with Crippen LogP contribution >= 0.6 is 0 Å². The molecule has 0 unspecified atom stereocenters. The largest absolute Gasteiger partial charge is 0.213 e. The second-order valence-electron chi connectivity index (χ2n) is 7.05. The maximum absolute atomic E-state index is 2.34. The number of hydrogen-bond acceptors (Lipinski definition) is 0. The number of aromatic nitrogens is 1. The quantitative estimate of drug-likeness (QED) is 0.569. The maximum Gasteiger partial charge on any atom is 0.213 e. The van der Waals surface area contributed by atoms with Crippen molar-refractivity contribution in [1.82, 2.24) is 0 Å². The van der Waals surface area contributed by atoms with Gasteiger partial charge >= 0.3 is 0 Å². The smallest absolute Gasteiger partial charge is 0.201 e. The third-order valence-corrected chi connectivity index (χ3v) is 5.27. The highest BCUT2D eigenvalue weighted by Crippen LogP contribution is 2.52. The van der Waals surface area contributed by atoms with Crippen LogP contribution in [-0.4, -0.2) is 0 Å². The Kier molecular flexibility index (Phi) is 2.96. The van der Waals surface area contributed by atoms with Gasteiger partial charge in [0.15, 0.2) is 6.20 Å². The zero-order chi connectivity index (χ0) is 16.2. The Hall–Kier alpha value is -2.41. The summed E-state index contributed by atoms with van der Waals surface area (Å²) in [5, 5.41) is 0. The van der Waals surface area contributed by atoms with Gasteiger partial charge in [-0.3, -0.25) is 0 Å². The van der Waals surface area contributed by atoms with E-state index in [-0.39, 0.29) is 5.41 Å². The first-order valence-corrected chi connectivity index (χ1v) is 8.21. The average molecular weight is 300 g/mol. The van der Waals surface area contributed by atoms with Gasteiger partial charge in [0.05, 0.1) is 5.56 Å². The van der Waals surface area contributed by atoms with Gasteiger partial charge in [-0.1, -0.05) is 50.2 Å². The number of aryl methyl sites for hydroxylation is 2. The van der Waals surface area contributed by atoms with Gasteiger partial charge in [0.1, 0.15) is 7.05 Å². The predicted molar refractivity (Wildman–Crippen MR) is 95.4 cm³/mol. The normalized spacial score (nSPS) is 14.4. The van der Waals surface area contributed by atoms with Gasteiger partial charge in [-0.2, -0.15) is 0 Å². The third-order valence-electron chi connectivity index (χ3n) is 5.27. The van der Waals surface area contributed by atoms with Crippen LogP contribution in [0.2, 0.25) is 0 Å². The van der Waals surface area contributed by atoms with Crippen LogP contribution in [0.5, 0.6) is 0 Å². The summed E-state index contributed by atoms with van der Waals surface area (Å²) in [6, 6.07) is 19.9. The van der Waals surface area contributed by atoms with Crippen molar-refractivity contribution in [3.05, 3.63) is 77.5 Å². The molecule has 0 saturated carbocycles. The molecule has 1 aliphatic carbocycles. The van der Waals surface area contributed by atoms with E-state index >= 15 is 0 Å². The summed E-state index contributed by atoms with van der Waals surface area (Å²) in [5.41, 5.74) is 9.68. The molecule has 1 aliphatic rings. The lowest BCUT2D eigenvalue weighted by Gasteiger charge is -2.21. The van der Waals surface area contributed by atoms with Gasteiger partial charge in [-0.15, -0.1) is 0 Å². The molecule has 1 heteroatoms. The molecule has 0 N–H and O–H groups in total. The van der Waals surface area contributed by atoms with Gasteiger partial charge in [0.25, 0.3) is 0 Å². The van der Waals surface area contributed by atoms with Crippen LogP contribution in [0.1, 0.15) is 30.5 Å². The van der Waals surface area contributed by atoms with Crippen molar-refractivity contribution < 1.29 is 4.57 Å². The highest BCUT2D eigenvalue weighted by atomic mass is 14.9. The van der Waals surface area contributed by atoms with E-state index in [4.69, 9.17) is 0 Å². The lowest BCUT2D eigenvalue weighted by atomic mass is 9.81. The van der Waals surface area contributed by atoms with Gasteiger partial charge in [0, 0.05) is 23.1 Å². The molecular formula is C22H22N+. The number of pyridine rings is 1. The third kappa shape index (κ3) is 1.89. The van der Waals surface area contributed by atoms with Crippen molar-refractivity contribution in [2.75, 3.05) is 0 Å². The molecule has 1 aromatic heterocycles. The Morgan fingerprint density at radius 2 is 1.52 bits per heavy atom. The van der Waals surface area contributed by atoms with Crippen molar-refractivity contribution in [3.63, 3.8) is 0 Å². The Balaban J connectivity index is 2.14.